The first kappa shape index (κ1) is 20.7. The SMILES string of the molecule is CCCOCc1ccccc1CNC1CCCC1C1COCCN1.Cl. The van der Waals surface area contributed by atoms with Gasteiger partial charge in [0.25, 0.3) is 0 Å². The Balaban J connectivity index is 0.00000225. The molecule has 2 N–H and O–H groups in total. The summed E-state index contributed by atoms with van der Waals surface area (Å²) in [7, 11) is 0. The van der Waals surface area contributed by atoms with Gasteiger partial charge in [0.15, 0.2) is 0 Å². The molecule has 3 unspecified atom stereocenters. The van der Waals surface area contributed by atoms with Crippen LogP contribution in [0.4, 0.5) is 0 Å². The molecule has 0 spiro atoms. The third-order valence-corrected chi connectivity index (χ3v) is 5.32. The first-order valence-corrected chi connectivity index (χ1v) is 9.57. The van der Waals surface area contributed by atoms with Gasteiger partial charge in [-0.3, -0.25) is 0 Å². The molecule has 5 heteroatoms. The van der Waals surface area contributed by atoms with E-state index in [0.717, 1.165) is 45.9 Å². The summed E-state index contributed by atoms with van der Waals surface area (Å²) >= 11 is 0. The molecule has 1 aromatic carbocycles. The highest BCUT2D eigenvalue weighted by Gasteiger charge is 2.34. The number of hydrogen-bond acceptors (Lipinski definition) is 4. The van der Waals surface area contributed by atoms with Crippen molar-refractivity contribution in [2.24, 2.45) is 5.92 Å². The number of nitrogens with one attached hydrogen (secondary N) is 2. The van der Waals surface area contributed by atoms with Gasteiger partial charge >= 0.3 is 0 Å². The van der Waals surface area contributed by atoms with E-state index in [1.807, 2.05) is 0 Å². The van der Waals surface area contributed by atoms with Crippen LogP contribution >= 0.6 is 12.4 Å². The van der Waals surface area contributed by atoms with Gasteiger partial charge in [-0.1, -0.05) is 37.6 Å². The lowest BCUT2D eigenvalue weighted by Gasteiger charge is -2.33. The summed E-state index contributed by atoms with van der Waals surface area (Å²) < 4.78 is 11.4. The highest BCUT2D eigenvalue weighted by molar-refractivity contribution is 5.85. The molecular weight excluding hydrogens is 336 g/mol. The molecule has 1 heterocycles. The van der Waals surface area contributed by atoms with Gasteiger partial charge in [0.2, 0.25) is 0 Å². The van der Waals surface area contributed by atoms with Crippen LogP contribution in [0.3, 0.4) is 0 Å². The van der Waals surface area contributed by atoms with Gasteiger partial charge in [0.05, 0.1) is 19.8 Å². The first-order chi connectivity index (χ1) is 11.9. The van der Waals surface area contributed by atoms with Crippen molar-refractivity contribution in [2.45, 2.75) is 57.8 Å². The van der Waals surface area contributed by atoms with E-state index in [1.165, 1.54) is 30.4 Å². The van der Waals surface area contributed by atoms with Crippen molar-refractivity contribution in [3.63, 3.8) is 0 Å². The van der Waals surface area contributed by atoms with Crippen LogP contribution < -0.4 is 10.6 Å². The molecule has 1 aromatic rings. The van der Waals surface area contributed by atoms with Crippen molar-refractivity contribution < 1.29 is 9.47 Å². The minimum absolute atomic E-state index is 0. The Bertz CT molecular complexity index is 494. The zero-order valence-corrected chi connectivity index (χ0v) is 16.2. The van der Waals surface area contributed by atoms with Gasteiger partial charge in [-0.25, -0.2) is 0 Å². The third kappa shape index (κ3) is 5.93. The summed E-state index contributed by atoms with van der Waals surface area (Å²) in [5.41, 5.74) is 2.68. The molecule has 1 aliphatic carbocycles. The Kier molecular flexibility index (Phi) is 9.21. The normalized spacial score (nSPS) is 26.4. The predicted octanol–water partition coefficient (Wildman–Crippen LogP) is 3.28. The fraction of sp³-hybridized carbons (Fsp3) is 0.700. The molecule has 3 rings (SSSR count). The van der Waals surface area contributed by atoms with Crippen LogP contribution in [0.5, 0.6) is 0 Å². The summed E-state index contributed by atoms with van der Waals surface area (Å²) in [5, 5.41) is 7.47. The minimum atomic E-state index is 0. The number of halogens is 1. The lowest BCUT2D eigenvalue weighted by molar-refractivity contribution is 0.0524. The number of hydrogen-bond donors (Lipinski definition) is 2. The molecule has 4 nitrogen and oxygen atoms in total. The summed E-state index contributed by atoms with van der Waals surface area (Å²) in [6, 6.07) is 9.76. The Morgan fingerprint density at radius 1 is 1.24 bits per heavy atom. The zero-order chi connectivity index (χ0) is 16.6. The second-order valence-corrected chi connectivity index (χ2v) is 7.04. The summed E-state index contributed by atoms with van der Waals surface area (Å²) in [5.74, 6) is 0.689. The van der Waals surface area contributed by atoms with E-state index in [2.05, 4.69) is 41.8 Å². The lowest BCUT2D eigenvalue weighted by atomic mass is 9.93. The van der Waals surface area contributed by atoms with Crippen LogP contribution in [0.15, 0.2) is 24.3 Å². The summed E-state index contributed by atoms with van der Waals surface area (Å²) in [6.45, 7) is 7.34. The van der Waals surface area contributed by atoms with Crippen LogP contribution in [-0.4, -0.2) is 38.4 Å². The molecule has 2 fully saturated rings. The van der Waals surface area contributed by atoms with Gasteiger partial charge < -0.3 is 20.1 Å². The highest BCUT2D eigenvalue weighted by atomic mass is 35.5. The van der Waals surface area contributed by atoms with Gasteiger partial charge in [-0.2, -0.15) is 0 Å². The molecule has 3 atom stereocenters. The van der Waals surface area contributed by atoms with E-state index in [-0.39, 0.29) is 12.4 Å². The monoisotopic (exact) mass is 368 g/mol. The Morgan fingerprint density at radius 3 is 2.84 bits per heavy atom. The number of benzene rings is 1. The third-order valence-electron chi connectivity index (χ3n) is 5.32. The molecule has 0 aromatic heterocycles. The summed E-state index contributed by atoms with van der Waals surface area (Å²) in [6.07, 6.45) is 4.97. The van der Waals surface area contributed by atoms with Crippen molar-refractivity contribution >= 4 is 12.4 Å². The van der Waals surface area contributed by atoms with Crippen molar-refractivity contribution in [3.8, 4) is 0 Å². The molecule has 1 saturated carbocycles. The molecule has 1 aliphatic heterocycles. The first-order valence-electron chi connectivity index (χ1n) is 9.57. The average molecular weight is 369 g/mol. The van der Waals surface area contributed by atoms with E-state index in [9.17, 15) is 0 Å². The van der Waals surface area contributed by atoms with Gasteiger partial charge in [0, 0.05) is 31.8 Å². The Hall–Kier alpha value is -0.650. The molecule has 0 amide bonds. The topological polar surface area (TPSA) is 42.5 Å². The van der Waals surface area contributed by atoms with E-state index >= 15 is 0 Å². The molecular formula is C20H33ClN2O2. The van der Waals surface area contributed by atoms with E-state index in [0.29, 0.717) is 18.0 Å². The fourth-order valence-electron chi connectivity index (χ4n) is 4.02. The largest absolute Gasteiger partial charge is 0.379 e. The lowest BCUT2D eigenvalue weighted by Crippen LogP contribution is -2.50. The number of ether oxygens (including phenoxy) is 2. The molecule has 0 bridgehead atoms. The van der Waals surface area contributed by atoms with Gasteiger partial charge in [-0.15, -0.1) is 12.4 Å². The maximum atomic E-state index is 5.74. The number of morpholine rings is 1. The fourth-order valence-corrected chi connectivity index (χ4v) is 4.02. The van der Waals surface area contributed by atoms with E-state index < -0.39 is 0 Å². The van der Waals surface area contributed by atoms with Crippen LogP contribution in [0.2, 0.25) is 0 Å². The van der Waals surface area contributed by atoms with Crippen LogP contribution in [0, 0.1) is 5.92 Å². The summed E-state index contributed by atoms with van der Waals surface area (Å²) in [4.78, 5) is 0. The van der Waals surface area contributed by atoms with Crippen molar-refractivity contribution in [3.05, 3.63) is 35.4 Å². The van der Waals surface area contributed by atoms with Crippen molar-refractivity contribution in [1.82, 2.24) is 10.6 Å². The van der Waals surface area contributed by atoms with E-state index in [4.69, 9.17) is 9.47 Å². The molecule has 2 aliphatic rings. The van der Waals surface area contributed by atoms with Crippen LogP contribution in [0.25, 0.3) is 0 Å². The van der Waals surface area contributed by atoms with Crippen molar-refractivity contribution in [2.75, 3.05) is 26.4 Å². The second-order valence-electron chi connectivity index (χ2n) is 7.04. The maximum absolute atomic E-state index is 5.74. The average Bonchev–Trinajstić information content (AvgIpc) is 3.10. The zero-order valence-electron chi connectivity index (χ0n) is 15.3. The van der Waals surface area contributed by atoms with Gasteiger partial charge in [-0.05, 0) is 36.3 Å². The van der Waals surface area contributed by atoms with Gasteiger partial charge in [0.1, 0.15) is 0 Å². The second kappa shape index (κ2) is 11.1. The highest BCUT2D eigenvalue weighted by Crippen LogP contribution is 2.29. The molecule has 0 radical (unpaired) electrons. The predicted molar refractivity (Wildman–Crippen MR) is 104 cm³/mol. The Labute approximate surface area is 158 Å². The standard InChI is InChI=1S/C20H32N2O2.ClH/c1-2-11-23-14-17-7-4-3-6-16(17)13-22-19-9-5-8-18(19)20-15-24-12-10-21-20;/h3-4,6-7,18-22H,2,5,8-15H2,1H3;1H. The maximum Gasteiger partial charge on any atom is 0.0720 e. The molecule has 142 valence electrons. The quantitative estimate of drug-likeness (QED) is 0.691. The Morgan fingerprint density at radius 2 is 2.08 bits per heavy atom. The van der Waals surface area contributed by atoms with Crippen LogP contribution in [-0.2, 0) is 22.6 Å². The number of rotatable bonds is 8. The molecule has 25 heavy (non-hydrogen) atoms. The van der Waals surface area contributed by atoms with E-state index in [1.54, 1.807) is 0 Å². The minimum Gasteiger partial charge on any atom is -0.379 e. The van der Waals surface area contributed by atoms with Crippen molar-refractivity contribution in [1.29, 1.82) is 0 Å². The smallest absolute Gasteiger partial charge is 0.0720 e. The van der Waals surface area contributed by atoms with Crippen LogP contribution in [0.1, 0.15) is 43.7 Å². The molecule has 1 saturated heterocycles.